The molecule has 0 amide bonds. The van der Waals surface area contributed by atoms with Crippen LogP contribution in [-0.2, 0) is 0 Å². The average molecular weight is 278 g/mol. The van der Waals surface area contributed by atoms with Gasteiger partial charge in [0, 0.05) is 34.9 Å². The van der Waals surface area contributed by atoms with Gasteiger partial charge in [-0.2, -0.15) is 0 Å². The van der Waals surface area contributed by atoms with E-state index in [9.17, 15) is 0 Å². The molecule has 3 N–H and O–H groups in total. The molecule has 2 aromatic rings. The van der Waals surface area contributed by atoms with Crippen molar-refractivity contribution in [3.63, 3.8) is 0 Å². The second-order valence-electron chi connectivity index (χ2n) is 5.23. The molecule has 1 aromatic heterocycles. The number of aromatic nitrogens is 1. The summed E-state index contributed by atoms with van der Waals surface area (Å²) in [4.78, 5) is 4.34. The lowest BCUT2D eigenvalue weighted by atomic mass is 10.0. The molecule has 19 heavy (non-hydrogen) atoms. The summed E-state index contributed by atoms with van der Waals surface area (Å²) >= 11 is 5.99. The number of halogens is 1. The third-order valence-corrected chi connectivity index (χ3v) is 3.34. The maximum Gasteiger partial charge on any atom is 0.0737 e. The highest BCUT2D eigenvalue weighted by molar-refractivity contribution is 6.31. The van der Waals surface area contributed by atoms with Crippen LogP contribution in [0.25, 0.3) is 10.9 Å². The second kappa shape index (κ2) is 6.22. The van der Waals surface area contributed by atoms with E-state index in [0.717, 1.165) is 23.0 Å². The molecule has 0 aliphatic carbocycles. The first-order valence-corrected chi connectivity index (χ1v) is 6.99. The molecule has 0 spiro atoms. The molecule has 0 saturated carbocycles. The van der Waals surface area contributed by atoms with Crippen LogP contribution in [-0.4, -0.2) is 17.6 Å². The quantitative estimate of drug-likeness (QED) is 0.877. The molecular formula is C15H20ClN3. The van der Waals surface area contributed by atoms with E-state index < -0.39 is 0 Å². The van der Waals surface area contributed by atoms with Crippen LogP contribution in [0.4, 0.5) is 5.69 Å². The van der Waals surface area contributed by atoms with Crippen molar-refractivity contribution >= 4 is 28.2 Å². The molecule has 102 valence electrons. The first-order chi connectivity index (χ1) is 9.10. The van der Waals surface area contributed by atoms with Gasteiger partial charge in [-0.25, -0.2) is 0 Å². The van der Waals surface area contributed by atoms with E-state index in [0.29, 0.717) is 17.5 Å². The molecule has 0 saturated heterocycles. The number of nitrogens with one attached hydrogen (secondary N) is 1. The lowest BCUT2D eigenvalue weighted by molar-refractivity contribution is 0.522. The molecule has 1 unspecified atom stereocenters. The molecule has 1 atom stereocenters. The molecule has 1 aromatic carbocycles. The van der Waals surface area contributed by atoms with Crippen LogP contribution < -0.4 is 11.1 Å². The fraction of sp³-hybridized carbons (Fsp3) is 0.400. The summed E-state index contributed by atoms with van der Waals surface area (Å²) in [5, 5.41) is 5.30. The Labute approximate surface area is 119 Å². The van der Waals surface area contributed by atoms with Crippen molar-refractivity contribution < 1.29 is 0 Å². The first-order valence-electron chi connectivity index (χ1n) is 6.61. The number of fused-ring (bicyclic) bond motifs is 1. The second-order valence-corrected chi connectivity index (χ2v) is 5.66. The number of pyridine rings is 1. The van der Waals surface area contributed by atoms with E-state index in [2.05, 4.69) is 24.1 Å². The lowest BCUT2D eigenvalue weighted by Gasteiger charge is -2.21. The van der Waals surface area contributed by atoms with Crippen molar-refractivity contribution in [1.82, 2.24) is 4.98 Å². The van der Waals surface area contributed by atoms with E-state index in [1.807, 2.05) is 24.3 Å². The topological polar surface area (TPSA) is 50.9 Å². The maximum atomic E-state index is 5.99. The third-order valence-electron chi connectivity index (χ3n) is 3.10. The Kier molecular flexibility index (Phi) is 4.61. The average Bonchev–Trinajstić information content (AvgIpc) is 2.37. The molecule has 3 nitrogen and oxygen atoms in total. The highest BCUT2D eigenvalue weighted by Gasteiger charge is 2.11. The van der Waals surface area contributed by atoms with Gasteiger partial charge in [0.2, 0.25) is 0 Å². The van der Waals surface area contributed by atoms with E-state index in [4.69, 9.17) is 17.3 Å². The molecule has 1 heterocycles. The number of hydrogen-bond acceptors (Lipinski definition) is 3. The standard InChI is InChI=1S/C15H20ClN3/c1-10(2)7-12(9-17)19-14-5-6-18-15-8-11(16)3-4-13(14)15/h3-6,8,10,12H,7,9,17H2,1-2H3,(H,18,19). The molecule has 4 heteroatoms. The molecule has 0 radical (unpaired) electrons. The summed E-state index contributed by atoms with van der Waals surface area (Å²) in [6.07, 6.45) is 2.85. The Balaban J connectivity index is 2.29. The van der Waals surface area contributed by atoms with Crippen LogP contribution in [0.3, 0.4) is 0 Å². The van der Waals surface area contributed by atoms with Crippen LogP contribution in [0, 0.1) is 5.92 Å². The molecule has 2 rings (SSSR count). The van der Waals surface area contributed by atoms with E-state index in [1.54, 1.807) is 6.20 Å². The highest BCUT2D eigenvalue weighted by Crippen LogP contribution is 2.25. The predicted molar refractivity (Wildman–Crippen MR) is 82.7 cm³/mol. The summed E-state index contributed by atoms with van der Waals surface area (Å²) in [6, 6.07) is 8.02. The fourth-order valence-electron chi connectivity index (χ4n) is 2.25. The lowest BCUT2D eigenvalue weighted by Crippen LogP contribution is -2.30. The zero-order valence-corrected chi connectivity index (χ0v) is 12.1. The highest BCUT2D eigenvalue weighted by atomic mass is 35.5. The smallest absolute Gasteiger partial charge is 0.0737 e. The fourth-order valence-corrected chi connectivity index (χ4v) is 2.42. The van der Waals surface area contributed by atoms with Crippen LogP contribution in [0.2, 0.25) is 5.02 Å². The van der Waals surface area contributed by atoms with Gasteiger partial charge in [0.1, 0.15) is 0 Å². The SMILES string of the molecule is CC(C)CC(CN)Nc1ccnc2cc(Cl)ccc12. The summed E-state index contributed by atoms with van der Waals surface area (Å²) in [7, 11) is 0. The minimum atomic E-state index is 0.279. The van der Waals surface area contributed by atoms with Crippen molar-refractivity contribution in [2.75, 3.05) is 11.9 Å². The summed E-state index contributed by atoms with van der Waals surface area (Å²) in [5.41, 5.74) is 7.81. The van der Waals surface area contributed by atoms with Crippen LogP contribution in [0.1, 0.15) is 20.3 Å². The molecule has 0 aliphatic rings. The van der Waals surface area contributed by atoms with Crippen molar-refractivity contribution in [3.8, 4) is 0 Å². The number of hydrogen-bond donors (Lipinski definition) is 2. The number of nitrogens with two attached hydrogens (primary N) is 1. The van der Waals surface area contributed by atoms with Gasteiger partial charge in [-0.15, -0.1) is 0 Å². The largest absolute Gasteiger partial charge is 0.380 e. The van der Waals surface area contributed by atoms with Gasteiger partial charge >= 0.3 is 0 Å². The normalized spacial score (nSPS) is 12.9. The van der Waals surface area contributed by atoms with Gasteiger partial charge in [-0.05, 0) is 36.6 Å². The van der Waals surface area contributed by atoms with Gasteiger partial charge in [0.05, 0.1) is 5.52 Å². The summed E-state index contributed by atoms with van der Waals surface area (Å²) in [6.45, 7) is 5.03. The number of anilines is 1. The monoisotopic (exact) mass is 277 g/mol. The van der Waals surface area contributed by atoms with Gasteiger partial charge in [0.25, 0.3) is 0 Å². The van der Waals surface area contributed by atoms with E-state index >= 15 is 0 Å². The Morgan fingerprint density at radius 2 is 2.11 bits per heavy atom. The Bertz CT molecular complexity index is 554. The van der Waals surface area contributed by atoms with E-state index in [1.165, 1.54) is 0 Å². The molecule has 0 aliphatic heterocycles. The minimum Gasteiger partial charge on any atom is -0.380 e. The molecule has 0 bridgehead atoms. The van der Waals surface area contributed by atoms with Crippen molar-refractivity contribution in [1.29, 1.82) is 0 Å². The van der Waals surface area contributed by atoms with Gasteiger partial charge in [-0.3, -0.25) is 4.98 Å². The first kappa shape index (κ1) is 14.1. The van der Waals surface area contributed by atoms with Crippen molar-refractivity contribution in [2.45, 2.75) is 26.3 Å². The number of nitrogens with zero attached hydrogens (tertiary/aromatic N) is 1. The summed E-state index contributed by atoms with van der Waals surface area (Å²) < 4.78 is 0. The zero-order valence-electron chi connectivity index (χ0n) is 11.4. The van der Waals surface area contributed by atoms with Crippen LogP contribution in [0.15, 0.2) is 30.5 Å². The third kappa shape index (κ3) is 3.58. The van der Waals surface area contributed by atoms with Gasteiger partial charge < -0.3 is 11.1 Å². The summed E-state index contributed by atoms with van der Waals surface area (Å²) in [5.74, 6) is 0.614. The van der Waals surface area contributed by atoms with Crippen molar-refractivity contribution in [3.05, 3.63) is 35.5 Å². The Hall–Kier alpha value is -1.32. The maximum absolute atomic E-state index is 5.99. The predicted octanol–water partition coefficient (Wildman–Crippen LogP) is 3.67. The number of rotatable bonds is 5. The van der Waals surface area contributed by atoms with Crippen molar-refractivity contribution in [2.24, 2.45) is 11.7 Å². The minimum absolute atomic E-state index is 0.279. The van der Waals surface area contributed by atoms with Gasteiger partial charge in [0.15, 0.2) is 0 Å². The van der Waals surface area contributed by atoms with Gasteiger partial charge in [-0.1, -0.05) is 25.4 Å². The Morgan fingerprint density at radius 3 is 2.79 bits per heavy atom. The number of benzene rings is 1. The van der Waals surface area contributed by atoms with Crippen LogP contribution >= 0.6 is 11.6 Å². The van der Waals surface area contributed by atoms with E-state index in [-0.39, 0.29) is 6.04 Å². The van der Waals surface area contributed by atoms with Crippen LogP contribution in [0.5, 0.6) is 0 Å². The molecule has 0 fully saturated rings. The zero-order chi connectivity index (χ0) is 13.8. The Morgan fingerprint density at radius 1 is 1.32 bits per heavy atom. The molecular weight excluding hydrogens is 258 g/mol.